The lowest BCUT2D eigenvalue weighted by atomic mass is 9.67. The minimum Gasteiger partial charge on any atom is -0.507 e. The lowest BCUT2D eigenvalue weighted by Crippen LogP contribution is -2.45. The van der Waals surface area contributed by atoms with Crippen LogP contribution in [0.5, 0.6) is 11.5 Å². The molecule has 154 valence electrons. The number of hydrogen-bond donors (Lipinski definition) is 1. The summed E-state index contributed by atoms with van der Waals surface area (Å²) in [6.45, 7) is 8.83. The van der Waals surface area contributed by atoms with Gasteiger partial charge in [-0.2, -0.15) is 0 Å². The van der Waals surface area contributed by atoms with Gasteiger partial charge in [-0.3, -0.25) is 4.98 Å². The van der Waals surface area contributed by atoms with E-state index in [1.807, 2.05) is 12.1 Å². The van der Waals surface area contributed by atoms with Crippen LogP contribution in [-0.2, 0) is 6.42 Å². The van der Waals surface area contributed by atoms with Crippen LogP contribution in [0.3, 0.4) is 0 Å². The molecule has 2 atom stereocenters. The van der Waals surface area contributed by atoms with Crippen LogP contribution in [0, 0.1) is 5.92 Å². The Bertz CT molecular complexity index is 914. The first-order valence-electron chi connectivity index (χ1n) is 11.1. The van der Waals surface area contributed by atoms with Crippen molar-refractivity contribution in [3.05, 3.63) is 53.4 Å². The van der Waals surface area contributed by atoms with Gasteiger partial charge in [0.05, 0.1) is 0 Å². The van der Waals surface area contributed by atoms with Gasteiger partial charge < -0.3 is 9.84 Å². The number of benzene rings is 1. The molecule has 0 spiro atoms. The lowest BCUT2D eigenvalue weighted by Gasteiger charge is -2.46. The predicted molar refractivity (Wildman–Crippen MR) is 118 cm³/mol. The molecule has 1 N–H and O–H groups in total. The topological polar surface area (TPSA) is 42.4 Å². The standard InChI is InChI=1S/C26H33NO2/c1-5-6-7-8-19-16-22-24(25(28)23(19)18-11-13-27-14-12-18)20-15-17(2)9-10-21(20)26(3,4)29-22/h11-16,20-21,28H,5-10H2,1-4H3. The van der Waals surface area contributed by atoms with Gasteiger partial charge in [0, 0.05) is 35.4 Å². The van der Waals surface area contributed by atoms with Crippen LogP contribution in [0.25, 0.3) is 11.1 Å². The number of nitrogens with zero attached hydrogens (tertiary/aromatic N) is 1. The summed E-state index contributed by atoms with van der Waals surface area (Å²) in [5.41, 5.74) is 5.31. The number of hydrogen-bond acceptors (Lipinski definition) is 3. The highest BCUT2D eigenvalue weighted by atomic mass is 16.5. The third kappa shape index (κ3) is 3.68. The Morgan fingerprint density at radius 3 is 2.69 bits per heavy atom. The number of aryl methyl sites for hydroxylation is 1. The third-order valence-electron chi connectivity index (χ3n) is 6.75. The summed E-state index contributed by atoms with van der Waals surface area (Å²) in [4.78, 5) is 4.17. The van der Waals surface area contributed by atoms with Crippen molar-refractivity contribution in [2.24, 2.45) is 5.92 Å². The number of phenolic OH excluding ortho intramolecular Hbond substituents is 1. The van der Waals surface area contributed by atoms with E-state index < -0.39 is 0 Å². The fourth-order valence-corrected chi connectivity index (χ4v) is 5.21. The maximum atomic E-state index is 11.6. The van der Waals surface area contributed by atoms with Gasteiger partial charge in [0.1, 0.15) is 17.1 Å². The Hall–Kier alpha value is -2.29. The molecule has 0 saturated heterocycles. The second-order valence-corrected chi connectivity index (χ2v) is 9.25. The number of rotatable bonds is 5. The zero-order chi connectivity index (χ0) is 20.6. The van der Waals surface area contributed by atoms with Crippen molar-refractivity contribution in [2.45, 2.75) is 77.7 Å². The van der Waals surface area contributed by atoms with Crippen molar-refractivity contribution >= 4 is 0 Å². The Morgan fingerprint density at radius 2 is 1.97 bits per heavy atom. The van der Waals surface area contributed by atoms with Crippen molar-refractivity contribution < 1.29 is 9.84 Å². The second kappa shape index (κ2) is 7.85. The molecular formula is C26H33NO2. The number of aromatic hydroxyl groups is 1. The van der Waals surface area contributed by atoms with Crippen LogP contribution in [0.2, 0.25) is 0 Å². The first-order chi connectivity index (χ1) is 13.9. The van der Waals surface area contributed by atoms with Crippen molar-refractivity contribution in [2.75, 3.05) is 0 Å². The average Bonchev–Trinajstić information content (AvgIpc) is 2.68. The second-order valence-electron chi connectivity index (χ2n) is 9.25. The fraction of sp³-hybridized carbons (Fsp3) is 0.500. The van der Waals surface area contributed by atoms with Gasteiger partial charge in [0.15, 0.2) is 0 Å². The molecule has 2 aliphatic rings. The molecular weight excluding hydrogens is 358 g/mol. The SMILES string of the molecule is CCCCCc1cc2c(c(O)c1-c1ccncc1)C1C=C(C)CCC1C(C)(C)O2. The molecule has 2 aromatic rings. The van der Waals surface area contributed by atoms with Gasteiger partial charge in [-0.25, -0.2) is 0 Å². The maximum absolute atomic E-state index is 11.6. The van der Waals surface area contributed by atoms with E-state index in [0.29, 0.717) is 11.7 Å². The van der Waals surface area contributed by atoms with Gasteiger partial charge in [-0.05, 0) is 75.8 Å². The van der Waals surface area contributed by atoms with Crippen molar-refractivity contribution in [1.29, 1.82) is 0 Å². The zero-order valence-corrected chi connectivity index (χ0v) is 18.2. The predicted octanol–water partition coefficient (Wildman–Crippen LogP) is 6.80. The Balaban J connectivity index is 1.91. The molecule has 0 fully saturated rings. The van der Waals surface area contributed by atoms with Crippen LogP contribution in [0.15, 0.2) is 42.2 Å². The van der Waals surface area contributed by atoms with Crippen molar-refractivity contribution in [3.63, 3.8) is 0 Å². The number of aromatic nitrogens is 1. The molecule has 2 unspecified atom stereocenters. The van der Waals surface area contributed by atoms with E-state index in [1.54, 1.807) is 12.4 Å². The molecule has 3 heteroatoms. The number of phenols is 1. The Morgan fingerprint density at radius 1 is 1.21 bits per heavy atom. The molecule has 0 saturated carbocycles. The summed E-state index contributed by atoms with van der Waals surface area (Å²) in [5.74, 6) is 1.84. The summed E-state index contributed by atoms with van der Waals surface area (Å²) in [6, 6.07) is 6.20. The molecule has 1 aromatic heterocycles. The van der Waals surface area contributed by atoms with Crippen LogP contribution in [-0.4, -0.2) is 15.7 Å². The van der Waals surface area contributed by atoms with Crippen molar-refractivity contribution in [1.82, 2.24) is 4.98 Å². The zero-order valence-electron chi connectivity index (χ0n) is 18.2. The van der Waals surface area contributed by atoms with E-state index in [9.17, 15) is 5.11 Å². The smallest absolute Gasteiger partial charge is 0.131 e. The third-order valence-corrected chi connectivity index (χ3v) is 6.75. The molecule has 0 bridgehead atoms. The van der Waals surface area contributed by atoms with Gasteiger partial charge in [-0.15, -0.1) is 0 Å². The van der Waals surface area contributed by atoms with Crippen LogP contribution in [0.4, 0.5) is 0 Å². The minimum absolute atomic E-state index is 0.202. The molecule has 3 nitrogen and oxygen atoms in total. The molecule has 1 aliphatic heterocycles. The van der Waals surface area contributed by atoms with E-state index in [1.165, 1.54) is 24.0 Å². The van der Waals surface area contributed by atoms with Gasteiger partial charge in [-0.1, -0.05) is 31.4 Å². The van der Waals surface area contributed by atoms with Crippen LogP contribution in [0.1, 0.15) is 76.8 Å². The maximum Gasteiger partial charge on any atom is 0.131 e. The first kappa shape index (κ1) is 20.0. The van der Waals surface area contributed by atoms with E-state index in [4.69, 9.17) is 4.74 Å². The summed E-state index contributed by atoms with van der Waals surface area (Å²) in [6.07, 6.45) is 12.6. The average molecular weight is 392 g/mol. The van der Waals surface area contributed by atoms with E-state index >= 15 is 0 Å². The number of ether oxygens (including phenoxy) is 1. The lowest BCUT2D eigenvalue weighted by molar-refractivity contribution is 0.0108. The number of allylic oxidation sites excluding steroid dienone is 2. The minimum atomic E-state index is -0.236. The van der Waals surface area contributed by atoms with Crippen LogP contribution >= 0.6 is 0 Å². The summed E-state index contributed by atoms with van der Waals surface area (Å²) >= 11 is 0. The Kier molecular flexibility index (Phi) is 5.42. The highest BCUT2D eigenvalue weighted by molar-refractivity contribution is 5.78. The number of pyridine rings is 1. The Labute approximate surface area is 174 Å². The number of fused-ring (bicyclic) bond motifs is 3. The summed E-state index contributed by atoms with van der Waals surface area (Å²) < 4.78 is 6.54. The molecule has 0 radical (unpaired) electrons. The van der Waals surface area contributed by atoms with Gasteiger partial charge >= 0.3 is 0 Å². The number of unbranched alkanes of at least 4 members (excludes halogenated alkanes) is 2. The van der Waals surface area contributed by atoms with E-state index in [0.717, 1.165) is 48.1 Å². The highest BCUT2D eigenvalue weighted by Crippen LogP contribution is 2.55. The summed E-state index contributed by atoms with van der Waals surface area (Å²) in [7, 11) is 0. The van der Waals surface area contributed by atoms with Crippen LogP contribution < -0.4 is 4.74 Å². The molecule has 1 aliphatic carbocycles. The molecule has 0 amide bonds. The van der Waals surface area contributed by atoms with Gasteiger partial charge in [0.25, 0.3) is 0 Å². The molecule has 1 aromatic carbocycles. The van der Waals surface area contributed by atoms with Gasteiger partial charge in [0.2, 0.25) is 0 Å². The quantitative estimate of drug-likeness (QED) is 0.450. The first-order valence-corrected chi connectivity index (χ1v) is 11.1. The van der Waals surface area contributed by atoms with E-state index in [2.05, 4.69) is 44.8 Å². The monoisotopic (exact) mass is 391 g/mol. The van der Waals surface area contributed by atoms with E-state index in [-0.39, 0.29) is 11.5 Å². The van der Waals surface area contributed by atoms with Crippen molar-refractivity contribution in [3.8, 4) is 22.6 Å². The highest BCUT2D eigenvalue weighted by Gasteiger charge is 2.45. The molecule has 29 heavy (non-hydrogen) atoms. The molecule has 2 heterocycles. The summed E-state index contributed by atoms with van der Waals surface area (Å²) in [5, 5.41) is 11.6. The molecule has 4 rings (SSSR count). The fourth-order valence-electron chi connectivity index (χ4n) is 5.21. The normalized spacial score (nSPS) is 22.3. The largest absolute Gasteiger partial charge is 0.507 e.